The van der Waals surface area contributed by atoms with Crippen LogP contribution in [0, 0.1) is 97.6 Å². The van der Waals surface area contributed by atoms with E-state index in [1.807, 2.05) is 24.3 Å². The summed E-state index contributed by atoms with van der Waals surface area (Å²) in [5, 5.41) is 79.4. The number of alkyl halides is 3. The number of halogens is 3. The molecule has 0 amide bonds. The Morgan fingerprint density at radius 3 is 1.38 bits per heavy atom. The molecule has 5 rings (SSSR count). The number of benzene rings is 3. The van der Waals surface area contributed by atoms with Crippen LogP contribution >= 0.6 is 0 Å². The van der Waals surface area contributed by atoms with Crippen molar-refractivity contribution in [3.05, 3.63) is 110 Å². The molecule has 0 aliphatic heterocycles. The Balaban J connectivity index is 1.89. The van der Waals surface area contributed by atoms with E-state index >= 15 is 0 Å². The quantitative estimate of drug-likeness (QED) is 0.270. The van der Waals surface area contributed by atoms with Crippen molar-refractivity contribution in [1.29, 1.82) is 42.1 Å². The summed E-state index contributed by atoms with van der Waals surface area (Å²) >= 11 is 0. The fourth-order valence-electron chi connectivity index (χ4n) is 5.74. The summed E-state index contributed by atoms with van der Waals surface area (Å²) in [6.45, 7) is 1.67. The van der Waals surface area contributed by atoms with Crippen LogP contribution in [0.5, 0.6) is 5.75 Å². The summed E-state index contributed by atoms with van der Waals surface area (Å²) in [7, 11) is 0. The highest BCUT2D eigenvalue weighted by Crippen LogP contribution is 2.54. The maximum Gasteiger partial charge on any atom is 0.573 e. The van der Waals surface area contributed by atoms with E-state index < -0.39 is 23.2 Å². The van der Waals surface area contributed by atoms with Crippen LogP contribution in [0.3, 0.4) is 0 Å². The summed E-state index contributed by atoms with van der Waals surface area (Å²) in [5.74, 6) is -0.879. The molecule has 222 valence electrons. The number of allylic oxidation sites excluding steroid dienone is 8. The highest BCUT2D eigenvalue weighted by atomic mass is 19.4. The molecule has 0 saturated carbocycles. The fraction of sp³-hybridized carbons (Fsp3) is 0.0556. The van der Waals surface area contributed by atoms with E-state index in [2.05, 4.69) is 10.8 Å². The second-order valence-corrected chi connectivity index (χ2v) is 10.1. The smallest absolute Gasteiger partial charge is 0.404 e. The first kappa shape index (κ1) is 31.6. The van der Waals surface area contributed by atoms with Crippen LogP contribution in [-0.2, 0) is 0 Å². The van der Waals surface area contributed by atoms with Crippen molar-refractivity contribution in [3.63, 3.8) is 0 Å². The third kappa shape index (κ3) is 4.94. The first-order valence-corrected chi connectivity index (χ1v) is 13.4. The zero-order chi connectivity index (χ0) is 34.9. The molecule has 0 spiro atoms. The van der Waals surface area contributed by atoms with Gasteiger partial charge in [-0.2, -0.15) is 42.1 Å². The van der Waals surface area contributed by atoms with Crippen molar-refractivity contribution >= 4 is 33.4 Å². The molecule has 0 atom stereocenters. The van der Waals surface area contributed by atoms with Gasteiger partial charge in [-0.3, -0.25) is 0 Å². The van der Waals surface area contributed by atoms with Gasteiger partial charge in [-0.25, -0.2) is 0 Å². The maximum absolute atomic E-state index is 13.2. The van der Waals surface area contributed by atoms with Gasteiger partial charge < -0.3 is 4.74 Å². The molecule has 0 aromatic heterocycles. The average molecular weight is 629 g/mol. The van der Waals surface area contributed by atoms with Crippen LogP contribution < -0.4 is 4.74 Å². The van der Waals surface area contributed by atoms with Gasteiger partial charge in [0.25, 0.3) is 0 Å². The van der Waals surface area contributed by atoms with Gasteiger partial charge in [0.05, 0.1) is 28.3 Å². The lowest BCUT2D eigenvalue weighted by molar-refractivity contribution is -0.274. The van der Waals surface area contributed by atoms with Crippen LogP contribution in [0.25, 0.3) is 33.4 Å². The standard InChI is InChI=1S/C36H11F3N8O/c1-18-6-19(2-4-21(18)10-40)32-29(16-46)25-8-28-26(9-27(25)34(32)23(12-42)13-43)30(17-47)33(35(28)24(14-44)15-45)20-3-5-22(11-41)31(7-20)48-36(37,38)39/h2-9H,1H3. The van der Waals surface area contributed by atoms with Crippen LogP contribution in [-0.4, -0.2) is 6.36 Å². The van der Waals surface area contributed by atoms with E-state index in [1.54, 1.807) is 37.3 Å². The van der Waals surface area contributed by atoms with Gasteiger partial charge >= 0.3 is 6.36 Å². The average Bonchev–Trinajstić information content (AvgIpc) is 3.56. The van der Waals surface area contributed by atoms with Gasteiger partial charge in [-0.1, -0.05) is 18.2 Å². The van der Waals surface area contributed by atoms with Gasteiger partial charge in [0.15, 0.2) is 0 Å². The predicted molar refractivity (Wildman–Crippen MR) is 161 cm³/mol. The van der Waals surface area contributed by atoms with Crippen molar-refractivity contribution in [3.8, 4) is 54.3 Å². The van der Waals surface area contributed by atoms with Crippen LogP contribution in [0.15, 0.2) is 59.7 Å². The lowest BCUT2D eigenvalue weighted by Crippen LogP contribution is -2.18. The van der Waals surface area contributed by atoms with Crippen LogP contribution in [0.1, 0.15) is 50.1 Å². The minimum atomic E-state index is -5.17. The van der Waals surface area contributed by atoms with E-state index in [0.29, 0.717) is 16.7 Å². The molecular formula is C36H11F3N8O. The third-order valence-electron chi connectivity index (χ3n) is 7.66. The number of nitrogens with zero attached hydrogens (tertiary/aromatic N) is 8. The first-order valence-electron chi connectivity index (χ1n) is 13.4. The number of hydrogen-bond acceptors (Lipinski definition) is 9. The van der Waals surface area contributed by atoms with E-state index in [1.165, 1.54) is 24.3 Å². The van der Waals surface area contributed by atoms with Crippen molar-refractivity contribution < 1.29 is 17.9 Å². The lowest BCUT2D eigenvalue weighted by atomic mass is 9.89. The van der Waals surface area contributed by atoms with Crippen molar-refractivity contribution in [2.75, 3.05) is 0 Å². The summed E-state index contributed by atoms with van der Waals surface area (Å²) in [4.78, 5) is 0. The molecule has 3 aromatic carbocycles. The monoisotopic (exact) mass is 628 g/mol. The Morgan fingerprint density at radius 2 is 1.00 bits per heavy atom. The summed E-state index contributed by atoms with van der Waals surface area (Å²) in [6.07, 6.45) is -5.17. The lowest BCUT2D eigenvalue weighted by Gasteiger charge is -2.14. The molecule has 0 heterocycles. The van der Waals surface area contributed by atoms with Crippen LogP contribution in [0.2, 0.25) is 0 Å². The predicted octanol–water partition coefficient (Wildman–Crippen LogP) is 7.13. The molecule has 0 fully saturated rings. The Morgan fingerprint density at radius 1 is 0.562 bits per heavy atom. The SMILES string of the molecule is Cc1cc(C2=C(C#N)c3cc4c(cc3C2=C(C#N)C#N)C(C#N)=C(c2ccc(C#N)c(OC(F)(F)F)c2)C4=C(C#N)C#N)ccc1C#N. The highest BCUT2D eigenvalue weighted by Gasteiger charge is 2.38. The van der Waals surface area contributed by atoms with Gasteiger partial charge in [-0.15, -0.1) is 13.2 Å². The minimum Gasteiger partial charge on any atom is -0.404 e. The summed E-state index contributed by atoms with van der Waals surface area (Å²) < 4.78 is 43.7. The van der Waals surface area contributed by atoms with Crippen molar-refractivity contribution in [2.45, 2.75) is 13.3 Å². The molecule has 0 N–H and O–H groups in total. The third-order valence-corrected chi connectivity index (χ3v) is 7.66. The van der Waals surface area contributed by atoms with E-state index in [4.69, 9.17) is 0 Å². The molecule has 0 radical (unpaired) electrons. The second-order valence-electron chi connectivity index (χ2n) is 10.1. The Bertz CT molecular complexity index is 2480. The molecule has 2 aliphatic carbocycles. The van der Waals surface area contributed by atoms with Gasteiger partial charge in [0, 0.05) is 33.4 Å². The summed E-state index contributed by atoms with van der Waals surface area (Å²) in [5.41, 5.74) is 0.373. The van der Waals surface area contributed by atoms with Crippen molar-refractivity contribution in [2.24, 2.45) is 0 Å². The number of nitriles is 8. The number of ether oxygens (including phenoxy) is 1. The number of aryl methyl sites for hydroxylation is 1. The molecule has 0 unspecified atom stereocenters. The molecule has 9 nitrogen and oxygen atoms in total. The molecule has 12 heteroatoms. The Hall–Kier alpha value is -7.87. The molecular weight excluding hydrogens is 617 g/mol. The zero-order valence-corrected chi connectivity index (χ0v) is 24.2. The zero-order valence-electron chi connectivity index (χ0n) is 24.2. The second kappa shape index (κ2) is 11.9. The maximum atomic E-state index is 13.2. The van der Waals surface area contributed by atoms with E-state index in [-0.39, 0.29) is 66.8 Å². The largest absolute Gasteiger partial charge is 0.573 e. The summed E-state index contributed by atoms with van der Waals surface area (Å²) in [6, 6.07) is 25.6. The highest BCUT2D eigenvalue weighted by molar-refractivity contribution is 6.29. The Kier molecular flexibility index (Phi) is 7.83. The molecule has 0 bridgehead atoms. The van der Waals surface area contributed by atoms with Gasteiger partial charge in [0.1, 0.15) is 59.4 Å². The Labute approximate surface area is 270 Å². The number of fused-ring (bicyclic) bond motifs is 2. The minimum absolute atomic E-state index is 0.0101. The molecule has 48 heavy (non-hydrogen) atoms. The van der Waals surface area contributed by atoms with E-state index in [9.17, 15) is 55.3 Å². The van der Waals surface area contributed by atoms with Crippen molar-refractivity contribution in [1.82, 2.24) is 0 Å². The fourth-order valence-corrected chi connectivity index (χ4v) is 5.74. The molecule has 2 aliphatic rings. The van der Waals surface area contributed by atoms with E-state index in [0.717, 1.165) is 12.1 Å². The topological polar surface area (TPSA) is 200 Å². The first-order chi connectivity index (χ1) is 23.0. The van der Waals surface area contributed by atoms with Gasteiger partial charge in [-0.05, 0) is 65.1 Å². The number of hydrogen-bond donors (Lipinski definition) is 0. The van der Waals surface area contributed by atoms with Gasteiger partial charge in [0.2, 0.25) is 0 Å². The molecule has 3 aromatic rings. The normalized spacial score (nSPS) is 12.6. The molecule has 0 saturated heterocycles. The number of rotatable bonds is 3. The van der Waals surface area contributed by atoms with Crippen LogP contribution in [0.4, 0.5) is 13.2 Å².